The van der Waals surface area contributed by atoms with Gasteiger partial charge in [-0.3, -0.25) is 14.6 Å². The van der Waals surface area contributed by atoms with Gasteiger partial charge < -0.3 is 9.80 Å². The maximum absolute atomic E-state index is 12.6. The molecule has 0 saturated carbocycles. The van der Waals surface area contributed by atoms with Crippen LogP contribution in [0, 0.1) is 0 Å². The lowest BCUT2D eigenvalue weighted by molar-refractivity contribution is -0.134. The Morgan fingerprint density at radius 1 is 1.00 bits per heavy atom. The Labute approximate surface area is 149 Å². The van der Waals surface area contributed by atoms with E-state index in [2.05, 4.69) is 40.1 Å². The van der Waals surface area contributed by atoms with Crippen LogP contribution in [0.2, 0.25) is 0 Å². The number of amides is 3. The molecule has 0 N–H and O–H groups in total. The van der Waals surface area contributed by atoms with E-state index < -0.39 is 5.54 Å². The monoisotopic (exact) mass is 342 g/mol. The number of hydrogen-bond acceptors (Lipinski definition) is 4. The fourth-order valence-electron chi connectivity index (χ4n) is 4.67. The molecule has 0 bridgehead atoms. The van der Waals surface area contributed by atoms with Crippen LogP contribution in [-0.2, 0) is 4.79 Å². The summed E-state index contributed by atoms with van der Waals surface area (Å²) in [5.41, 5.74) is 0.677. The third-order valence-electron chi connectivity index (χ3n) is 6.34. The predicted molar refractivity (Wildman–Crippen MR) is 96.5 cm³/mol. The molecule has 0 aromatic heterocycles. The fraction of sp³-hybridized carbons (Fsp3) is 0.579. The highest BCUT2D eigenvalue weighted by Gasteiger charge is 2.55. The van der Waals surface area contributed by atoms with Crippen LogP contribution in [-0.4, -0.2) is 78.5 Å². The number of carbonyl (C=O) groups is 2. The van der Waals surface area contributed by atoms with Gasteiger partial charge in [0.15, 0.2) is 0 Å². The van der Waals surface area contributed by atoms with Gasteiger partial charge in [0.25, 0.3) is 5.91 Å². The number of para-hydroxylation sites is 1. The highest BCUT2D eigenvalue weighted by Crippen LogP contribution is 2.36. The minimum atomic E-state index is -0.611. The quantitative estimate of drug-likeness (QED) is 0.767. The maximum atomic E-state index is 12.6. The molecule has 3 amide bonds. The van der Waals surface area contributed by atoms with Gasteiger partial charge in [-0.05, 0) is 31.4 Å². The largest absolute Gasteiger partial charge is 0.370 e. The SMILES string of the molecule is CN1C(=O)N(C)C2(CCN([C@H]3CCN(c4ccccc4)C3)CC2)C1=O. The molecule has 1 aromatic rings. The summed E-state index contributed by atoms with van der Waals surface area (Å²) in [6.45, 7) is 3.88. The second kappa shape index (κ2) is 6.02. The van der Waals surface area contributed by atoms with Crippen molar-refractivity contribution in [3.8, 4) is 0 Å². The van der Waals surface area contributed by atoms with Crippen LogP contribution in [0.3, 0.4) is 0 Å². The summed E-state index contributed by atoms with van der Waals surface area (Å²) >= 11 is 0. The van der Waals surface area contributed by atoms with E-state index in [9.17, 15) is 9.59 Å². The number of nitrogens with zero attached hydrogens (tertiary/aromatic N) is 4. The van der Waals surface area contributed by atoms with Crippen molar-refractivity contribution in [2.45, 2.75) is 30.8 Å². The van der Waals surface area contributed by atoms with Crippen molar-refractivity contribution >= 4 is 17.6 Å². The molecule has 3 saturated heterocycles. The lowest BCUT2D eigenvalue weighted by atomic mass is 9.85. The lowest BCUT2D eigenvalue weighted by Gasteiger charge is -2.42. The summed E-state index contributed by atoms with van der Waals surface area (Å²) in [4.78, 5) is 32.6. The topological polar surface area (TPSA) is 47.1 Å². The van der Waals surface area contributed by atoms with Crippen molar-refractivity contribution < 1.29 is 9.59 Å². The first-order valence-electron chi connectivity index (χ1n) is 9.13. The number of imide groups is 1. The number of anilines is 1. The minimum absolute atomic E-state index is 0.0306. The zero-order valence-electron chi connectivity index (χ0n) is 15.0. The van der Waals surface area contributed by atoms with Crippen molar-refractivity contribution in [2.75, 3.05) is 45.2 Å². The van der Waals surface area contributed by atoms with Crippen LogP contribution in [0.5, 0.6) is 0 Å². The van der Waals surface area contributed by atoms with Gasteiger partial charge in [0.05, 0.1) is 0 Å². The van der Waals surface area contributed by atoms with Crippen LogP contribution in [0.15, 0.2) is 30.3 Å². The molecule has 1 aromatic carbocycles. The lowest BCUT2D eigenvalue weighted by Crippen LogP contribution is -2.57. The molecule has 0 aliphatic carbocycles. The van der Waals surface area contributed by atoms with E-state index >= 15 is 0 Å². The summed E-state index contributed by atoms with van der Waals surface area (Å²) in [6.07, 6.45) is 2.63. The van der Waals surface area contributed by atoms with E-state index in [4.69, 9.17) is 0 Å². The van der Waals surface area contributed by atoms with Crippen molar-refractivity contribution in [3.63, 3.8) is 0 Å². The number of benzene rings is 1. The van der Waals surface area contributed by atoms with Crippen molar-refractivity contribution in [3.05, 3.63) is 30.3 Å². The van der Waals surface area contributed by atoms with E-state index in [0.717, 1.165) is 45.4 Å². The number of likely N-dealkylation sites (N-methyl/N-ethyl adjacent to an activating group) is 2. The molecule has 3 fully saturated rings. The average molecular weight is 342 g/mol. The highest BCUT2D eigenvalue weighted by atomic mass is 16.2. The molecule has 0 unspecified atom stereocenters. The first kappa shape index (κ1) is 16.4. The van der Waals surface area contributed by atoms with Crippen LogP contribution in [0.4, 0.5) is 10.5 Å². The highest BCUT2D eigenvalue weighted by molar-refractivity contribution is 6.06. The normalized spacial score (nSPS) is 27.0. The van der Waals surface area contributed by atoms with E-state index in [-0.39, 0.29) is 11.9 Å². The molecule has 6 heteroatoms. The van der Waals surface area contributed by atoms with Crippen LogP contribution >= 0.6 is 0 Å². The number of urea groups is 1. The van der Waals surface area contributed by atoms with E-state index in [1.165, 1.54) is 10.6 Å². The molecular weight excluding hydrogens is 316 g/mol. The van der Waals surface area contributed by atoms with Crippen LogP contribution in [0.1, 0.15) is 19.3 Å². The molecule has 0 radical (unpaired) electrons. The van der Waals surface area contributed by atoms with Crippen molar-refractivity contribution in [1.29, 1.82) is 0 Å². The van der Waals surface area contributed by atoms with Gasteiger partial charge in [-0.15, -0.1) is 0 Å². The van der Waals surface area contributed by atoms with E-state index in [1.807, 2.05) is 0 Å². The molecule has 134 valence electrons. The van der Waals surface area contributed by atoms with E-state index in [0.29, 0.717) is 6.04 Å². The first-order chi connectivity index (χ1) is 12.0. The van der Waals surface area contributed by atoms with Gasteiger partial charge >= 0.3 is 6.03 Å². The second-order valence-corrected chi connectivity index (χ2v) is 7.50. The number of rotatable bonds is 2. The molecule has 3 aliphatic heterocycles. The molecule has 1 atom stereocenters. The minimum Gasteiger partial charge on any atom is -0.370 e. The van der Waals surface area contributed by atoms with Gasteiger partial charge in [0, 0.05) is 52.0 Å². The average Bonchev–Trinajstić information content (AvgIpc) is 3.21. The Balaban J connectivity index is 1.40. The number of piperidine rings is 1. The fourth-order valence-corrected chi connectivity index (χ4v) is 4.67. The Hall–Kier alpha value is -2.08. The van der Waals surface area contributed by atoms with E-state index in [1.54, 1.807) is 19.0 Å². The number of likely N-dealkylation sites (tertiary alicyclic amines) is 1. The molecule has 3 aliphatic rings. The standard InChI is InChI=1S/C19H26N4O2/c1-20-17(24)19(21(2)18(20)25)9-12-22(13-10-19)16-8-11-23(14-16)15-6-4-3-5-7-15/h3-7,16H,8-14H2,1-2H3/t16-/m0/s1. The maximum Gasteiger partial charge on any atom is 0.327 e. The third-order valence-corrected chi connectivity index (χ3v) is 6.34. The van der Waals surface area contributed by atoms with Gasteiger partial charge in [-0.25, -0.2) is 4.79 Å². The van der Waals surface area contributed by atoms with Gasteiger partial charge in [0.2, 0.25) is 0 Å². The number of carbonyl (C=O) groups excluding carboxylic acids is 2. The second-order valence-electron chi connectivity index (χ2n) is 7.50. The summed E-state index contributed by atoms with van der Waals surface area (Å²) < 4.78 is 0. The Bertz CT molecular complexity index is 669. The zero-order valence-corrected chi connectivity index (χ0v) is 15.0. The smallest absolute Gasteiger partial charge is 0.327 e. The molecule has 6 nitrogen and oxygen atoms in total. The molecule has 25 heavy (non-hydrogen) atoms. The molecular formula is C19H26N4O2. The first-order valence-corrected chi connectivity index (χ1v) is 9.13. The van der Waals surface area contributed by atoms with Crippen molar-refractivity contribution in [2.24, 2.45) is 0 Å². The molecule has 3 heterocycles. The van der Waals surface area contributed by atoms with Crippen LogP contribution < -0.4 is 4.90 Å². The van der Waals surface area contributed by atoms with Crippen molar-refractivity contribution in [1.82, 2.24) is 14.7 Å². The van der Waals surface area contributed by atoms with Gasteiger partial charge in [0.1, 0.15) is 5.54 Å². The molecule has 4 rings (SSSR count). The third kappa shape index (κ3) is 2.51. The van der Waals surface area contributed by atoms with Gasteiger partial charge in [-0.2, -0.15) is 0 Å². The summed E-state index contributed by atoms with van der Waals surface area (Å²) in [6, 6.07) is 10.9. The summed E-state index contributed by atoms with van der Waals surface area (Å²) in [5, 5.41) is 0. The Morgan fingerprint density at radius 2 is 1.68 bits per heavy atom. The zero-order chi connectivity index (χ0) is 17.6. The predicted octanol–water partition coefficient (Wildman–Crippen LogP) is 1.62. The Kier molecular flexibility index (Phi) is 3.95. The summed E-state index contributed by atoms with van der Waals surface area (Å²) in [5.74, 6) is -0.0306. The number of hydrogen-bond donors (Lipinski definition) is 0. The van der Waals surface area contributed by atoms with Crippen LogP contribution in [0.25, 0.3) is 0 Å². The van der Waals surface area contributed by atoms with Gasteiger partial charge in [-0.1, -0.05) is 18.2 Å². The molecule has 1 spiro atoms. The summed E-state index contributed by atoms with van der Waals surface area (Å²) in [7, 11) is 3.36. The Morgan fingerprint density at radius 3 is 2.28 bits per heavy atom.